The van der Waals surface area contributed by atoms with Gasteiger partial charge in [0, 0.05) is 6.54 Å². The van der Waals surface area contributed by atoms with Crippen LogP contribution < -0.4 is 16.2 Å². The van der Waals surface area contributed by atoms with E-state index in [9.17, 15) is 14.0 Å². The standard InChI is InChI=1S/C23H22FN5O3/c1-4-28-19-18(20(25)30)26-21(16-7-5-6-8-17(16)32-13(2)3)27-22(19)29(23(28)31)15-11-9-14(24)10-12-15/h5-13H,4H2,1-3H3,(H2,25,30). The predicted molar refractivity (Wildman–Crippen MR) is 118 cm³/mol. The number of amides is 1. The number of halogens is 1. The maximum absolute atomic E-state index is 13.5. The molecular weight excluding hydrogens is 413 g/mol. The van der Waals surface area contributed by atoms with E-state index in [2.05, 4.69) is 9.97 Å². The molecular formula is C23H22FN5O3. The fraction of sp³-hybridized carbons (Fsp3) is 0.217. The molecule has 9 heteroatoms. The Morgan fingerprint density at radius 3 is 2.44 bits per heavy atom. The summed E-state index contributed by atoms with van der Waals surface area (Å²) in [5.41, 5.74) is 6.51. The molecule has 0 fully saturated rings. The average Bonchev–Trinajstić information content (AvgIpc) is 3.04. The van der Waals surface area contributed by atoms with Crippen LogP contribution in [-0.4, -0.2) is 31.1 Å². The highest BCUT2D eigenvalue weighted by atomic mass is 19.1. The van der Waals surface area contributed by atoms with Crippen LogP contribution in [0, 0.1) is 5.82 Å². The molecule has 0 spiro atoms. The molecule has 2 aromatic carbocycles. The number of nitrogens with two attached hydrogens (primary N) is 1. The lowest BCUT2D eigenvalue weighted by Gasteiger charge is -2.14. The van der Waals surface area contributed by atoms with Crippen LogP contribution in [0.4, 0.5) is 4.39 Å². The zero-order valence-electron chi connectivity index (χ0n) is 17.9. The van der Waals surface area contributed by atoms with Crippen molar-refractivity contribution in [3.8, 4) is 22.8 Å². The number of hydrogen-bond acceptors (Lipinski definition) is 5. The summed E-state index contributed by atoms with van der Waals surface area (Å²) >= 11 is 0. The monoisotopic (exact) mass is 435 g/mol. The molecule has 1 amide bonds. The maximum atomic E-state index is 13.5. The van der Waals surface area contributed by atoms with Gasteiger partial charge >= 0.3 is 5.69 Å². The van der Waals surface area contributed by atoms with E-state index in [0.29, 0.717) is 17.0 Å². The molecule has 0 aliphatic rings. The largest absolute Gasteiger partial charge is 0.490 e. The van der Waals surface area contributed by atoms with Gasteiger partial charge in [0.1, 0.15) is 17.1 Å². The number of para-hydroxylation sites is 1. The first kappa shape index (κ1) is 21.2. The van der Waals surface area contributed by atoms with Gasteiger partial charge in [0.05, 0.1) is 17.4 Å². The van der Waals surface area contributed by atoms with Crippen molar-refractivity contribution in [2.75, 3.05) is 0 Å². The minimum atomic E-state index is -0.792. The van der Waals surface area contributed by atoms with Crippen molar-refractivity contribution < 1.29 is 13.9 Å². The SMILES string of the molecule is CCn1c(=O)n(-c2ccc(F)cc2)c2nc(-c3ccccc3OC(C)C)nc(C(N)=O)c21. The van der Waals surface area contributed by atoms with E-state index >= 15 is 0 Å². The van der Waals surface area contributed by atoms with Crippen LogP contribution in [-0.2, 0) is 6.54 Å². The summed E-state index contributed by atoms with van der Waals surface area (Å²) in [4.78, 5) is 34.6. The summed E-state index contributed by atoms with van der Waals surface area (Å²) in [6.45, 7) is 5.81. The van der Waals surface area contributed by atoms with Crippen LogP contribution in [0.2, 0.25) is 0 Å². The van der Waals surface area contributed by atoms with Crippen molar-refractivity contribution in [1.82, 2.24) is 19.1 Å². The smallest absolute Gasteiger partial charge is 0.335 e. The van der Waals surface area contributed by atoms with Crippen LogP contribution in [0.25, 0.3) is 28.2 Å². The number of fused-ring (bicyclic) bond motifs is 1. The number of aryl methyl sites for hydroxylation is 1. The van der Waals surface area contributed by atoms with E-state index in [0.717, 1.165) is 0 Å². The lowest BCUT2D eigenvalue weighted by molar-refractivity contribution is 0.0997. The Kier molecular flexibility index (Phi) is 5.48. The highest BCUT2D eigenvalue weighted by Gasteiger charge is 2.24. The second kappa shape index (κ2) is 8.26. The van der Waals surface area contributed by atoms with E-state index in [4.69, 9.17) is 10.5 Å². The molecule has 0 saturated carbocycles. The average molecular weight is 435 g/mol. The number of hydrogen-bond donors (Lipinski definition) is 1. The molecule has 0 aliphatic carbocycles. The molecule has 2 heterocycles. The van der Waals surface area contributed by atoms with E-state index in [-0.39, 0.29) is 35.3 Å². The normalized spacial score (nSPS) is 11.3. The topological polar surface area (TPSA) is 105 Å². The fourth-order valence-corrected chi connectivity index (χ4v) is 3.57. The Balaban J connectivity index is 2.09. The molecule has 0 bridgehead atoms. The van der Waals surface area contributed by atoms with Crippen molar-refractivity contribution in [3.05, 3.63) is 70.5 Å². The fourth-order valence-electron chi connectivity index (χ4n) is 3.57. The molecule has 4 rings (SSSR count). The third kappa shape index (κ3) is 3.62. The quantitative estimate of drug-likeness (QED) is 0.500. The zero-order valence-corrected chi connectivity index (χ0v) is 17.9. The molecule has 4 aromatic rings. The Bertz CT molecular complexity index is 1370. The molecule has 0 saturated heterocycles. The van der Waals surface area contributed by atoms with Gasteiger partial charge in [-0.2, -0.15) is 0 Å². The number of ether oxygens (including phenoxy) is 1. The number of aromatic nitrogens is 4. The van der Waals surface area contributed by atoms with Crippen molar-refractivity contribution in [3.63, 3.8) is 0 Å². The highest BCUT2D eigenvalue weighted by molar-refractivity contribution is 6.02. The summed E-state index contributed by atoms with van der Waals surface area (Å²) in [5.74, 6) is -0.511. The predicted octanol–water partition coefficient (Wildman–Crippen LogP) is 3.29. The minimum Gasteiger partial charge on any atom is -0.490 e. The molecule has 0 aliphatic heterocycles. The number of benzene rings is 2. The van der Waals surface area contributed by atoms with Crippen molar-refractivity contribution in [2.24, 2.45) is 5.73 Å². The number of primary amides is 1. The number of rotatable bonds is 6. The third-order valence-corrected chi connectivity index (χ3v) is 4.89. The van der Waals surface area contributed by atoms with Gasteiger partial charge in [-0.1, -0.05) is 12.1 Å². The van der Waals surface area contributed by atoms with Crippen molar-refractivity contribution >= 4 is 17.1 Å². The van der Waals surface area contributed by atoms with Crippen LogP contribution in [0.3, 0.4) is 0 Å². The van der Waals surface area contributed by atoms with E-state index < -0.39 is 17.4 Å². The Hall–Kier alpha value is -4.01. The number of carbonyl (C=O) groups excluding carboxylic acids is 1. The number of nitrogens with zero attached hydrogens (tertiary/aromatic N) is 4. The van der Waals surface area contributed by atoms with Gasteiger partial charge in [0.15, 0.2) is 17.2 Å². The van der Waals surface area contributed by atoms with Crippen molar-refractivity contribution in [1.29, 1.82) is 0 Å². The van der Waals surface area contributed by atoms with Gasteiger partial charge in [-0.05, 0) is 57.2 Å². The van der Waals surface area contributed by atoms with Crippen LogP contribution in [0.5, 0.6) is 5.75 Å². The number of imidazole rings is 1. The van der Waals surface area contributed by atoms with Crippen LogP contribution >= 0.6 is 0 Å². The minimum absolute atomic E-state index is 0.0795. The maximum Gasteiger partial charge on any atom is 0.335 e. The summed E-state index contributed by atoms with van der Waals surface area (Å²) in [7, 11) is 0. The Morgan fingerprint density at radius 1 is 1.12 bits per heavy atom. The van der Waals surface area contributed by atoms with E-state index in [1.807, 2.05) is 19.9 Å². The third-order valence-electron chi connectivity index (χ3n) is 4.89. The van der Waals surface area contributed by atoms with Crippen molar-refractivity contribution in [2.45, 2.75) is 33.4 Å². The summed E-state index contributed by atoms with van der Waals surface area (Å²) < 4.78 is 22.1. The lowest BCUT2D eigenvalue weighted by atomic mass is 10.1. The zero-order chi connectivity index (χ0) is 23.0. The highest BCUT2D eigenvalue weighted by Crippen LogP contribution is 2.30. The second-order valence-corrected chi connectivity index (χ2v) is 7.43. The van der Waals surface area contributed by atoms with Crippen LogP contribution in [0.15, 0.2) is 53.3 Å². The molecule has 8 nitrogen and oxygen atoms in total. The molecule has 0 radical (unpaired) electrons. The summed E-state index contributed by atoms with van der Waals surface area (Å²) in [5, 5.41) is 0. The first-order valence-electron chi connectivity index (χ1n) is 10.2. The molecule has 2 aromatic heterocycles. The molecule has 32 heavy (non-hydrogen) atoms. The first-order chi connectivity index (χ1) is 15.3. The Labute approximate surface area is 183 Å². The molecule has 2 N–H and O–H groups in total. The van der Waals surface area contributed by atoms with Gasteiger partial charge in [0.25, 0.3) is 5.91 Å². The summed E-state index contributed by atoms with van der Waals surface area (Å²) in [6.07, 6.45) is -0.103. The number of carbonyl (C=O) groups is 1. The molecule has 164 valence electrons. The van der Waals surface area contributed by atoms with E-state index in [1.54, 1.807) is 25.1 Å². The molecule has 0 atom stereocenters. The second-order valence-electron chi connectivity index (χ2n) is 7.43. The van der Waals surface area contributed by atoms with Gasteiger partial charge in [-0.25, -0.2) is 23.7 Å². The summed E-state index contributed by atoms with van der Waals surface area (Å²) in [6, 6.07) is 12.6. The van der Waals surface area contributed by atoms with Gasteiger partial charge in [0.2, 0.25) is 0 Å². The Morgan fingerprint density at radius 2 is 1.81 bits per heavy atom. The van der Waals surface area contributed by atoms with E-state index in [1.165, 1.54) is 33.4 Å². The molecule has 0 unspecified atom stereocenters. The first-order valence-corrected chi connectivity index (χ1v) is 10.2. The van der Waals surface area contributed by atoms with Crippen LogP contribution in [0.1, 0.15) is 31.3 Å². The van der Waals surface area contributed by atoms with Gasteiger partial charge in [-0.3, -0.25) is 9.36 Å². The van der Waals surface area contributed by atoms with Gasteiger partial charge < -0.3 is 10.5 Å². The van der Waals surface area contributed by atoms with Gasteiger partial charge in [-0.15, -0.1) is 0 Å². The lowest BCUT2D eigenvalue weighted by Crippen LogP contribution is -2.23.